The van der Waals surface area contributed by atoms with E-state index in [4.69, 9.17) is 9.47 Å². The summed E-state index contributed by atoms with van der Waals surface area (Å²) >= 11 is 0. The quantitative estimate of drug-likeness (QED) is 0.874. The number of carboxylic acids is 1. The Hall–Kier alpha value is -2.56. The van der Waals surface area contributed by atoms with Crippen molar-refractivity contribution in [1.29, 1.82) is 0 Å². The lowest BCUT2D eigenvalue weighted by molar-refractivity contribution is -0.155. The minimum atomic E-state index is -1.20. The fraction of sp³-hybridized carbons (Fsp3) is 0.381. The van der Waals surface area contributed by atoms with Crippen molar-refractivity contribution in [3.05, 3.63) is 57.9 Å². The Morgan fingerprint density at radius 1 is 1.19 bits per heavy atom. The molecule has 0 aliphatic carbocycles. The third-order valence-corrected chi connectivity index (χ3v) is 5.24. The predicted octanol–water partition coefficient (Wildman–Crippen LogP) is 4.50. The maximum atomic E-state index is 13.0. The van der Waals surface area contributed by atoms with Gasteiger partial charge in [0.05, 0.1) is 0 Å². The maximum absolute atomic E-state index is 13.0. The van der Waals surface area contributed by atoms with Crippen LogP contribution in [0.25, 0.3) is 0 Å². The van der Waals surface area contributed by atoms with Gasteiger partial charge in [0.1, 0.15) is 23.9 Å². The van der Waals surface area contributed by atoms with Crippen molar-refractivity contribution in [2.24, 2.45) is 0 Å². The minimum absolute atomic E-state index is 0.274. The van der Waals surface area contributed by atoms with Crippen molar-refractivity contribution in [2.45, 2.75) is 52.7 Å². The zero-order valence-corrected chi connectivity index (χ0v) is 15.5. The minimum Gasteiger partial charge on any atom is -0.488 e. The number of benzene rings is 2. The van der Waals surface area contributed by atoms with Crippen LogP contribution in [0, 0.1) is 26.6 Å². The van der Waals surface area contributed by atoms with Crippen LogP contribution in [0.2, 0.25) is 0 Å². The second kappa shape index (κ2) is 6.63. The van der Waals surface area contributed by atoms with Gasteiger partial charge in [-0.2, -0.15) is 0 Å². The van der Waals surface area contributed by atoms with Gasteiger partial charge in [-0.15, -0.1) is 0 Å². The number of ether oxygens (including phenoxy) is 2. The summed E-state index contributed by atoms with van der Waals surface area (Å²) in [6, 6.07) is 6.23. The molecule has 4 nitrogen and oxygen atoms in total. The summed E-state index contributed by atoms with van der Waals surface area (Å²) in [5, 5.41) is 9.46. The maximum Gasteiger partial charge on any atom is 0.347 e. The molecular formula is C21H23FO4. The lowest BCUT2D eigenvalue weighted by Gasteiger charge is -2.35. The molecule has 2 aromatic carbocycles. The first-order valence-corrected chi connectivity index (χ1v) is 8.65. The molecule has 26 heavy (non-hydrogen) atoms. The average Bonchev–Trinajstić information content (AvgIpc) is 2.61. The molecule has 0 saturated carbocycles. The van der Waals surface area contributed by atoms with Crippen molar-refractivity contribution in [1.82, 2.24) is 0 Å². The first-order valence-electron chi connectivity index (χ1n) is 8.65. The van der Waals surface area contributed by atoms with Gasteiger partial charge in [-0.05, 0) is 68.5 Å². The molecule has 2 aromatic rings. The third kappa shape index (κ3) is 3.14. The predicted molar refractivity (Wildman–Crippen MR) is 96.4 cm³/mol. The van der Waals surface area contributed by atoms with Crippen LogP contribution in [0.3, 0.4) is 0 Å². The Bertz CT molecular complexity index is 858. The fourth-order valence-electron chi connectivity index (χ4n) is 3.34. The number of halogens is 1. The van der Waals surface area contributed by atoms with Crippen LogP contribution in [-0.2, 0) is 17.8 Å². The first-order chi connectivity index (χ1) is 12.2. The van der Waals surface area contributed by atoms with E-state index >= 15 is 0 Å². The van der Waals surface area contributed by atoms with Crippen molar-refractivity contribution in [2.75, 3.05) is 0 Å². The number of hydrogen-bond acceptors (Lipinski definition) is 3. The lowest BCUT2D eigenvalue weighted by Crippen LogP contribution is -2.44. The van der Waals surface area contributed by atoms with Gasteiger partial charge < -0.3 is 14.6 Å². The summed E-state index contributed by atoms with van der Waals surface area (Å²) in [7, 11) is 0. The van der Waals surface area contributed by atoms with Crippen LogP contribution in [0.5, 0.6) is 11.5 Å². The lowest BCUT2D eigenvalue weighted by atomic mass is 9.87. The summed E-state index contributed by atoms with van der Waals surface area (Å²) in [6.45, 7) is 7.79. The molecule has 0 fully saturated rings. The molecule has 138 valence electrons. The Morgan fingerprint density at radius 3 is 2.46 bits per heavy atom. The fourth-order valence-corrected chi connectivity index (χ4v) is 3.34. The van der Waals surface area contributed by atoms with Gasteiger partial charge in [-0.25, -0.2) is 9.18 Å². The normalized spacial score (nSPS) is 18.8. The van der Waals surface area contributed by atoms with E-state index in [1.165, 1.54) is 12.1 Å². The molecular weight excluding hydrogens is 335 g/mol. The highest BCUT2D eigenvalue weighted by Gasteiger charge is 2.40. The highest BCUT2D eigenvalue weighted by Crippen LogP contribution is 2.44. The molecule has 1 aliphatic heterocycles. The van der Waals surface area contributed by atoms with E-state index in [9.17, 15) is 14.3 Å². The standard InChI is InChI=1S/C21H23FO4/c1-12-13(2)19-17(9-10-21(4,26-19)20(23)24)14(3)18(12)25-11-15-5-7-16(22)8-6-15/h5-8H,9-11H2,1-4H3,(H,23,24). The number of hydrogen-bond donors (Lipinski definition) is 1. The highest BCUT2D eigenvalue weighted by atomic mass is 19.1. The van der Waals surface area contributed by atoms with Gasteiger partial charge in [-0.3, -0.25) is 0 Å². The summed E-state index contributed by atoms with van der Waals surface area (Å²) in [5.41, 5.74) is 3.48. The average molecular weight is 358 g/mol. The number of rotatable bonds is 4. The van der Waals surface area contributed by atoms with E-state index in [0.29, 0.717) is 25.2 Å². The summed E-state index contributed by atoms with van der Waals surface area (Å²) in [6.07, 6.45) is 1.04. The van der Waals surface area contributed by atoms with Crippen molar-refractivity contribution in [3.8, 4) is 11.5 Å². The number of carbonyl (C=O) groups is 1. The first kappa shape index (κ1) is 18.2. The van der Waals surface area contributed by atoms with Gasteiger partial charge in [0.25, 0.3) is 0 Å². The summed E-state index contributed by atoms with van der Waals surface area (Å²) in [5.74, 6) is 0.220. The van der Waals surface area contributed by atoms with Crippen LogP contribution in [-0.4, -0.2) is 16.7 Å². The van der Waals surface area contributed by atoms with Crippen LogP contribution in [0.1, 0.15) is 41.2 Å². The smallest absolute Gasteiger partial charge is 0.347 e. The molecule has 1 unspecified atom stereocenters. The third-order valence-electron chi connectivity index (χ3n) is 5.24. The van der Waals surface area contributed by atoms with Crippen LogP contribution in [0.4, 0.5) is 4.39 Å². The number of fused-ring (bicyclic) bond motifs is 1. The van der Waals surface area contributed by atoms with Gasteiger partial charge in [-0.1, -0.05) is 12.1 Å². The van der Waals surface area contributed by atoms with E-state index in [0.717, 1.165) is 33.6 Å². The Balaban J connectivity index is 1.93. The zero-order valence-electron chi connectivity index (χ0n) is 15.5. The van der Waals surface area contributed by atoms with Crippen molar-refractivity contribution in [3.63, 3.8) is 0 Å². The van der Waals surface area contributed by atoms with Gasteiger partial charge in [0.2, 0.25) is 5.60 Å². The van der Waals surface area contributed by atoms with Crippen molar-refractivity contribution >= 4 is 5.97 Å². The molecule has 0 spiro atoms. The van der Waals surface area contributed by atoms with Crippen molar-refractivity contribution < 1.29 is 23.8 Å². The molecule has 0 aromatic heterocycles. The van der Waals surface area contributed by atoms with E-state index in [-0.39, 0.29) is 5.82 Å². The Kier molecular flexibility index (Phi) is 4.65. The van der Waals surface area contributed by atoms with Crippen LogP contribution < -0.4 is 9.47 Å². The largest absolute Gasteiger partial charge is 0.488 e. The molecule has 0 radical (unpaired) electrons. The van der Waals surface area contributed by atoms with Gasteiger partial charge >= 0.3 is 5.97 Å². The topological polar surface area (TPSA) is 55.8 Å². The second-order valence-corrected chi connectivity index (χ2v) is 7.07. The Labute approximate surface area is 152 Å². The Morgan fingerprint density at radius 2 is 1.85 bits per heavy atom. The molecule has 1 aliphatic rings. The number of carboxylic acid groups (broad SMARTS) is 1. The molecule has 1 heterocycles. The highest BCUT2D eigenvalue weighted by molar-refractivity contribution is 5.78. The van der Waals surface area contributed by atoms with E-state index in [1.54, 1.807) is 19.1 Å². The molecule has 0 saturated heterocycles. The molecule has 1 N–H and O–H groups in total. The molecule has 5 heteroatoms. The van der Waals surface area contributed by atoms with E-state index < -0.39 is 11.6 Å². The van der Waals surface area contributed by atoms with E-state index in [1.807, 2.05) is 20.8 Å². The number of aliphatic carboxylic acids is 1. The van der Waals surface area contributed by atoms with Gasteiger partial charge in [0, 0.05) is 12.0 Å². The van der Waals surface area contributed by atoms with Gasteiger partial charge in [0.15, 0.2) is 0 Å². The molecule has 0 amide bonds. The monoisotopic (exact) mass is 358 g/mol. The van der Waals surface area contributed by atoms with Crippen LogP contribution in [0.15, 0.2) is 24.3 Å². The summed E-state index contributed by atoms with van der Waals surface area (Å²) < 4.78 is 25.0. The zero-order chi connectivity index (χ0) is 19.1. The molecule has 3 rings (SSSR count). The summed E-state index contributed by atoms with van der Waals surface area (Å²) in [4.78, 5) is 11.5. The van der Waals surface area contributed by atoms with Crippen LogP contribution >= 0.6 is 0 Å². The molecule has 1 atom stereocenters. The molecule has 0 bridgehead atoms. The SMILES string of the molecule is Cc1c(C)c2c(c(C)c1OCc1ccc(F)cc1)CCC(C)(C(=O)O)O2. The van der Waals surface area contributed by atoms with E-state index in [2.05, 4.69) is 0 Å². The second-order valence-electron chi connectivity index (χ2n) is 7.07.